The first-order chi connectivity index (χ1) is 7.14. The molecule has 15 heavy (non-hydrogen) atoms. The fourth-order valence-corrected chi connectivity index (χ4v) is 2.82. The van der Waals surface area contributed by atoms with Crippen LogP contribution >= 0.6 is 0 Å². The van der Waals surface area contributed by atoms with Gasteiger partial charge in [-0.1, -0.05) is 52.4 Å². The Balaban J connectivity index is 2.46. The molecule has 0 spiro atoms. The third-order valence-electron chi connectivity index (χ3n) is 3.86. The number of nitrogens with one attached hydrogen (secondary N) is 1. The maximum absolute atomic E-state index is 3.50. The van der Waals surface area contributed by atoms with Gasteiger partial charge in [0.15, 0.2) is 0 Å². The highest BCUT2D eigenvalue weighted by Gasteiger charge is 2.22. The first-order valence-corrected chi connectivity index (χ1v) is 6.81. The zero-order valence-electron chi connectivity index (χ0n) is 10.9. The van der Waals surface area contributed by atoms with Crippen LogP contribution in [0.3, 0.4) is 0 Å². The van der Waals surface area contributed by atoms with Crippen molar-refractivity contribution in [3.8, 4) is 0 Å². The highest BCUT2D eigenvalue weighted by molar-refractivity contribution is 4.77. The van der Waals surface area contributed by atoms with E-state index in [-0.39, 0.29) is 0 Å². The quantitative estimate of drug-likeness (QED) is 0.688. The van der Waals surface area contributed by atoms with Gasteiger partial charge in [0.25, 0.3) is 0 Å². The SMILES string of the molecule is CNC1CCCCCCCCC(C)(C)C1. The second-order valence-corrected chi connectivity index (χ2v) is 6.01. The molecule has 1 fully saturated rings. The molecular weight excluding hydrogens is 182 g/mol. The van der Waals surface area contributed by atoms with Crippen LogP contribution in [0.25, 0.3) is 0 Å². The molecule has 0 aromatic rings. The average Bonchev–Trinajstić information content (AvgIpc) is 2.22. The van der Waals surface area contributed by atoms with E-state index in [1.165, 1.54) is 57.8 Å². The maximum atomic E-state index is 3.50. The minimum atomic E-state index is 0.540. The topological polar surface area (TPSA) is 12.0 Å². The van der Waals surface area contributed by atoms with Crippen LogP contribution < -0.4 is 5.32 Å². The summed E-state index contributed by atoms with van der Waals surface area (Å²) in [4.78, 5) is 0. The van der Waals surface area contributed by atoms with E-state index >= 15 is 0 Å². The highest BCUT2D eigenvalue weighted by atomic mass is 14.9. The first-order valence-electron chi connectivity index (χ1n) is 6.81. The monoisotopic (exact) mass is 211 g/mol. The summed E-state index contributed by atoms with van der Waals surface area (Å²) >= 11 is 0. The van der Waals surface area contributed by atoms with Crippen molar-refractivity contribution in [2.75, 3.05) is 7.05 Å². The summed E-state index contributed by atoms with van der Waals surface area (Å²) in [6.07, 6.45) is 12.8. The van der Waals surface area contributed by atoms with Crippen molar-refractivity contribution in [3.63, 3.8) is 0 Å². The third-order valence-corrected chi connectivity index (χ3v) is 3.86. The summed E-state index contributed by atoms with van der Waals surface area (Å²) in [6, 6.07) is 0.748. The van der Waals surface area contributed by atoms with Crippen LogP contribution in [0.5, 0.6) is 0 Å². The Bertz CT molecular complexity index is 163. The van der Waals surface area contributed by atoms with Crippen molar-refractivity contribution in [2.24, 2.45) is 5.41 Å². The van der Waals surface area contributed by atoms with Gasteiger partial charge >= 0.3 is 0 Å². The van der Waals surface area contributed by atoms with Gasteiger partial charge < -0.3 is 5.32 Å². The van der Waals surface area contributed by atoms with Crippen LogP contribution in [-0.4, -0.2) is 13.1 Å². The minimum absolute atomic E-state index is 0.540. The highest BCUT2D eigenvalue weighted by Crippen LogP contribution is 2.31. The Morgan fingerprint density at radius 2 is 1.53 bits per heavy atom. The van der Waals surface area contributed by atoms with Gasteiger partial charge in [0.05, 0.1) is 0 Å². The van der Waals surface area contributed by atoms with Crippen LogP contribution in [0.4, 0.5) is 0 Å². The summed E-state index contributed by atoms with van der Waals surface area (Å²) < 4.78 is 0. The van der Waals surface area contributed by atoms with Crippen molar-refractivity contribution < 1.29 is 0 Å². The molecule has 0 bridgehead atoms. The number of rotatable bonds is 1. The maximum Gasteiger partial charge on any atom is 0.00691 e. The smallest absolute Gasteiger partial charge is 0.00691 e. The lowest BCUT2D eigenvalue weighted by atomic mass is 9.80. The van der Waals surface area contributed by atoms with Crippen LogP contribution in [-0.2, 0) is 0 Å². The van der Waals surface area contributed by atoms with Gasteiger partial charge in [-0.25, -0.2) is 0 Å². The molecule has 1 aliphatic rings. The molecule has 90 valence electrons. The molecule has 0 saturated heterocycles. The minimum Gasteiger partial charge on any atom is -0.317 e. The standard InChI is InChI=1S/C14H29N/c1-14(2)11-9-7-5-4-6-8-10-13(12-14)15-3/h13,15H,4-12H2,1-3H3. The molecule has 1 nitrogen and oxygen atoms in total. The molecule has 0 amide bonds. The molecule has 1 atom stereocenters. The molecule has 1 saturated carbocycles. The van der Waals surface area contributed by atoms with E-state index in [0.717, 1.165) is 6.04 Å². The lowest BCUT2D eigenvalue weighted by Crippen LogP contribution is -2.31. The summed E-state index contributed by atoms with van der Waals surface area (Å²) in [6.45, 7) is 4.88. The normalized spacial score (nSPS) is 29.4. The Hall–Kier alpha value is -0.0400. The molecular formula is C14H29N. The predicted octanol–water partition coefficient (Wildman–Crippen LogP) is 4.13. The number of hydrogen-bond acceptors (Lipinski definition) is 1. The molecule has 1 rings (SSSR count). The van der Waals surface area contributed by atoms with Crippen LogP contribution in [0.15, 0.2) is 0 Å². The van der Waals surface area contributed by atoms with Gasteiger partial charge in [-0.05, 0) is 31.7 Å². The molecule has 1 heteroatoms. The molecule has 1 unspecified atom stereocenters. The van der Waals surface area contributed by atoms with E-state index in [1.807, 2.05) is 0 Å². The van der Waals surface area contributed by atoms with Gasteiger partial charge in [-0.2, -0.15) is 0 Å². The van der Waals surface area contributed by atoms with Crippen molar-refractivity contribution in [3.05, 3.63) is 0 Å². The zero-order valence-corrected chi connectivity index (χ0v) is 10.9. The van der Waals surface area contributed by atoms with Crippen LogP contribution in [0.2, 0.25) is 0 Å². The van der Waals surface area contributed by atoms with Gasteiger partial charge in [-0.15, -0.1) is 0 Å². The fraction of sp³-hybridized carbons (Fsp3) is 1.00. The first kappa shape index (κ1) is 13.0. The molecule has 0 aliphatic heterocycles. The van der Waals surface area contributed by atoms with Gasteiger partial charge in [0.2, 0.25) is 0 Å². The van der Waals surface area contributed by atoms with E-state index in [1.54, 1.807) is 0 Å². The molecule has 0 aromatic heterocycles. The Kier molecular flexibility index (Phi) is 5.66. The van der Waals surface area contributed by atoms with E-state index in [0.29, 0.717) is 5.41 Å². The molecule has 1 aliphatic carbocycles. The zero-order chi connectivity index (χ0) is 11.1. The number of hydrogen-bond donors (Lipinski definition) is 1. The van der Waals surface area contributed by atoms with Crippen LogP contribution in [0, 0.1) is 5.41 Å². The predicted molar refractivity (Wildman–Crippen MR) is 68.2 cm³/mol. The summed E-state index contributed by atoms with van der Waals surface area (Å²) in [7, 11) is 2.13. The van der Waals surface area contributed by atoms with Crippen molar-refractivity contribution >= 4 is 0 Å². The Morgan fingerprint density at radius 3 is 2.20 bits per heavy atom. The lowest BCUT2D eigenvalue weighted by molar-refractivity contribution is 0.252. The van der Waals surface area contributed by atoms with E-state index in [9.17, 15) is 0 Å². The molecule has 0 radical (unpaired) electrons. The second-order valence-electron chi connectivity index (χ2n) is 6.01. The van der Waals surface area contributed by atoms with Crippen LogP contribution in [0.1, 0.15) is 71.6 Å². The van der Waals surface area contributed by atoms with Gasteiger partial charge in [0, 0.05) is 6.04 Å². The largest absolute Gasteiger partial charge is 0.317 e. The van der Waals surface area contributed by atoms with E-state index in [4.69, 9.17) is 0 Å². The molecule has 0 heterocycles. The van der Waals surface area contributed by atoms with Crippen molar-refractivity contribution in [1.82, 2.24) is 5.32 Å². The fourth-order valence-electron chi connectivity index (χ4n) is 2.82. The van der Waals surface area contributed by atoms with E-state index < -0.39 is 0 Å². The Labute approximate surface area is 96.0 Å². The lowest BCUT2D eigenvalue weighted by Gasteiger charge is -2.29. The van der Waals surface area contributed by atoms with Crippen molar-refractivity contribution in [1.29, 1.82) is 0 Å². The average molecular weight is 211 g/mol. The van der Waals surface area contributed by atoms with Gasteiger partial charge in [0.1, 0.15) is 0 Å². The third kappa shape index (κ3) is 5.55. The Morgan fingerprint density at radius 1 is 0.933 bits per heavy atom. The second kappa shape index (κ2) is 6.52. The van der Waals surface area contributed by atoms with Crippen molar-refractivity contribution in [2.45, 2.75) is 77.7 Å². The summed E-state index contributed by atoms with van der Waals surface area (Å²) in [5.74, 6) is 0. The summed E-state index contributed by atoms with van der Waals surface area (Å²) in [5, 5.41) is 3.50. The molecule has 0 aromatic carbocycles. The molecule has 1 N–H and O–H groups in total. The summed E-state index contributed by atoms with van der Waals surface area (Å²) in [5.41, 5.74) is 0.540. The van der Waals surface area contributed by atoms with Gasteiger partial charge in [-0.3, -0.25) is 0 Å². The van der Waals surface area contributed by atoms with E-state index in [2.05, 4.69) is 26.2 Å².